The molecule has 3 aromatic rings. The molecule has 0 bridgehead atoms. The van der Waals surface area contributed by atoms with Gasteiger partial charge in [-0.25, -0.2) is 4.39 Å². The number of hydrogen-bond acceptors (Lipinski definition) is 4. The molecule has 2 aromatic carbocycles. The Kier molecular flexibility index (Phi) is 5.19. The van der Waals surface area contributed by atoms with Crippen LogP contribution in [0, 0.1) is 9.39 Å². The van der Waals surface area contributed by atoms with Crippen LogP contribution < -0.4 is 5.32 Å². The number of aryl methyl sites for hydroxylation is 1. The molecule has 0 aliphatic heterocycles. The number of nitrogens with zero attached hydrogens (tertiary/aromatic N) is 2. The Morgan fingerprint density at radius 1 is 1.17 bits per heavy atom. The second-order valence-electron chi connectivity index (χ2n) is 5.05. The lowest BCUT2D eigenvalue weighted by Crippen LogP contribution is -2.13. The van der Waals surface area contributed by atoms with E-state index in [1.807, 2.05) is 24.3 Å². The van der Waals surface area contributed by atoms with Gasteiger partial charge in [0.1, 0.15) is 5.82 Å². The summed E-state index contributed by atoms with van der Waals surface area (Å²) in [6.45, 7) is 0. The first kappa shape index (κ1) is 16.6. The van der Waals surface area contributed by atoms with Gasteiger partial charge in [0.15, 0.2) is 0 Å². The monoisotopic (exact) mass is 437 g/mol. The summed E-state index contributed by atoms with van der Waals surface area (Å²) in [5, 5.41) is 6.43. The maximum absolute atomic E-state index is 13.5. The zero-order valence-electron chi connectivity index (χ0n) is 12.5. The number of amides is 1. The van der Waals surface area contributed by atoms with Crippen LogP contribution in [-0.4, -0.2) is 16.0 Å². The number of para-hydroxylation sites is 1. The SMILES string of the molecule is O=C(CCc1nc(-c2ccc(I)cc2)no1)Nc1ccccc1F. The van der Waals surface area contributed by atoms with Crippen LogP contribution in [0.3, 0.4) is 0 Å². The number of halogens is 2. The minimum absolute atomic E-state index is 0.128. The van der Waals surface area contributed by atoms with E-state index < -0.39 is 5.82 Å². The zero-order valence-corrected chi connectivity index (χ0v) is 14.7. The Morgan fingerprint density at radius 2 is 1.92 bits per heavy atom. The van der Waals surface area contributed by atoms with E-state index in [1.54, 1.807) is 12.1 Å². The molecule has 5 nitrogen and oxygen atoms in total. The van der Waals surface area contributed by atoms with E-state index in [1.165, 1.54) is 12.1 Å². The Balaban J connectivity index is 1.58. The molecule has 0 aliphatic carbocycles. The first-order chi connectivity index (χ1) is 11.6. The van der Waals surface area contributed by atoms with Crippen molar-refractivity contribution in [3.8, 4) is 11.4 Å². The lowest BCUT2D eigenvalue weighted by Gasteiger charge is -2.04. The fourth-order valence-electron chi connectivity index (χ4n) is 2.07. The summed E-state index contributed by atoms with van der Waals surface area (Å²) in [7, 11) is 0. The molecule has 1 aromatic heterocycles. The largest absolute Gasteiger partial charge is 0.339 e. The smallest absolute Gasteiger partial charge is 0.227 e. The first-order valence-corrected chi connectivity index (χ1v) is 8.32. The molecule has 1 N–H and O–H groups in total. The van der Waals surface area contributed by atoms with Crippen LogP contribution in [0.1, 0.15) is 12.3 Å². The molecule has 7 heteroatoms. The van der Waals surface area contributed by atoms with Crippen molar-refractivity contribution in [2.75, 3.05) is 5.32 Å². The van der Waals surface area contributed by atoms with Gasteiger partial charge in [0.25, 0.3) is 0 Å². The fraction of sp³-hybridized carbons (Fsp3) is 0.118. The fourth-order valence-corrected chi connectivity index (χ4v) is 2.43. The Labute approximate surface area is 151 Å². The van der Waals surface area contributed by atoms with Crippen molar-refractivity contribution in [2.45, 2.75) is 12.8 Å². The Hall–Kier alpha value is -2.29. The third-order valence-electron chi connectivity index (χ3n) is 3.28. The van der Waals surface area contributed by atoms with Crippen LogP contribution in [0.25, 0.3) is 11.4 Å². The molecule has 0 fully saturated rings. The molecule has 24 heavy (non-hydrogen) atoms. The minimum atomic E-state index is -0.468. The second kappa shape index (κ2) is 7.52. The van der Waals surface area contributed by atoms with Crippen molar-refractivity contribution in [3.05, 3.63) is 63.8 Å². The average Bonchev–Trinajstić information content (AvgIpc) is 3.05. The zero-order chi connectivity index (χ0) is 16.9. The molecule has 0 aliphatic rings. The van der Waals surface area contributed by atoms with E-state index in [0.717, 1.165) is 9.13 Å². The van der Waals surface area contributed by atoms with Gasteiger partial charge in [0.2, 0.25) is 17.6 Å². The second-order valence-corrected chi connectivity index (χ2v) is 6.29. The predicted octanol–water partition coefficient (Wildman–Crippen LogP) is 4.05. The Morgan fingerprint density at radius 3 is 2.67 bits per heavy atom. The van der Waals surface area contributed by atoms with E-state index in [2.05, 4.69) is 38.0 Å². The molecule has 122 valence electrons. The number of nitrogens with one attached hydrogen (secondary N) is 1. The van der Waals surface area contributed by atoms with Crippen LogP contribution in [0.4, 0.5) is 10.1 Å². The standard InChI is InChI=1S/C17H13FIN3O2/c18-13-3-1-2-4-14(13)20-15(23)9-10-16-21-17(22-24-16)11-5-7-12(19)8-6-11/h1-8H,9-10H2,(H,20,23). The molecular weight excluding hydrogens is 424 g/mol. The lowest BCUT2D eigenvalue weighted by molar-refractivity contribution is -0.116. The number of rotatable bonds is 5. The molecule has 0 saturated carbocycles. The topological polar surface area (TPSA) is 68.0 Å². The number of anilines is 1. The van der Waals surface area contributed by atoms with Crippen molar-refractivity contribution in [2.24, 2.45) is 0 Å². The van der Waals surface area contributed by atoms with Crippen LogP contribution in [0.2, 0.25) is 0 Å². The predicted molar refractivity (Wildman–Crippen MR) is 95.8 cm³/mol. The van der Waals surface area contributed by atoms with E-state index in [4.69, 9.17) is 4.52 Å². The summed E-state index contributed by atoms with van der Waals surface area (Å²) in [5.74, 6) is 0.0712. The first-order valence-electron chi connectivity index (χ1n) is 7.25. The summed E-state index contributed by atoms with van der Waals surface area (Å²) in [4.78, 5) is 16.2. The number of carbonyl (C=O) groups excluding carboxylic acids is 1. The number of hydrogen-bond donors (Lipinski definition) is 1. The Bertz CT molecular complexity index is 849. The van der Waals surface area contributed by atoms with Crippen LogP contribution in [0.15, 0.2) is 53.1 Å². The number of carbonyl (C=O) groups is 1. The van der Waals surface area contributed by atoms with Gasteiger partial charge < -0.3 is 9.84 Å². The van der Waals surface area contributed by atoms with Crippen molar-refractivity contribution in [3.63, 3.8) is 0 Å². The maximum Gasteiger partial charge on any atom is 0.227 e. The average molecular weight is 437 g/mol. The van der Waals surface area contributed by atoms with Gasteiger partial charge in [-0.2, -0.15) is 4.98 Å². The summed E-state index contributed by atoms with van der Waals surface area (Å²) in [5.41, 5.74) is 1.01. The van der Waals surface area contributed by atoms with E-state index >= 15 is 0 Å². The van der Waals surface area contributed by atoms with E-state index in [0.29, 0.717) is 11.7 Å². The van der Waals surface area contributed by atoms with Gasteiger partial charge in [-0.05, 0) is 46.9 Å². The van der Waals surface area contributed by atoms with Crippen LogP contribution in [-0.2, 0) is 11.2 Å². The van der Waals surface area contributed by atoms with Gasteiger partial charge in [-0.3, -0.25) is 4.79 Å². The van der Waals surface area contributed by atoms with Crippen molar-refractivity contribution < 1.29 is 13.7 Å². The molecule has 1 amide bonds. The van der Waals surface area contributed by atoms with Gasteiger partial charge >= 0.3 is 0 Å². The van der Waals surface area contributed by atoms with Gasteiger partial charge in [-0.1, -0.05) is 29.4 Å². The van der Waals surface area contributed by atoms with Crippen LogP contribution >= 0.6 is 22.6 Å². The summed E-state index contributed by atoms with van der Waals surface area (Å²) < 4.78 is 19.7. The summed E-state index contributed by atoms with van der Waals surface area (Å²) >= 11 is 2.22. The van der Waals surface area contributed by atoms with Crippen molar-refractivity contribution in [1.82, 2.24) is 10.1 Å². The van der Waals surface area contributed by atoms with Gasteiger partial charge in [-0.15, -0.1) is 0 Å². The highest BCUT2D eigenvalue weighted by molar-refractivity contribution is 14.1. The lowest BCUT2D eigenvalue weighted by atomic mass is 10.2. The normalized spacial score (nSPS) is 10.6. The van der Waals surface area contributed by atoms with Crippen LogP contribution in [0.5, 0.6) is 0 Å². The minimum Gasteiger partial charge on any atom is -0.339 e. The number of benzene rings is 2. The van der Waals surface area contributed by atoms with Crippen molar-refractivity contribution in [1.29, 1.82) is 0 Å². The molecule has 0 unspecified atom stereocenters. The molecular formula is C17H13FIN3O2. The highest BCUT2D eigenvalue weighted by Gasteiger charge is 2.12. The highest BCUT2D eigenvalue weighted by Crippen LogP contribution is 2.18. The molecule has 3 rings (SSSR count). The molecule has 0 spiro atoms. The molecule has 0 saturated heterocycles. The van der Waals surface area contributed by atoms with E-state index in [-0.39, 0.29) is 24.4 Å². The maximum atomic E-state index is 13.5. The summed E-state index contributed by atoms with van der Waals surface area (Å²) in [6.07, 6.45) is 0.417. The number of aromatic nitrogens is 2. The third kappa shape index (κ3) is 4.16. The highest BCUT2D eigenvalue weighted by atomic mass is 127. The molecule has 1 heterocycles. The quantitative estimate of drug-likeness (QED) is 0.612. The van der Waals surface area contributed by atoms with Gasteiger partial charge in [0, 0.05) is 22.0 Å². The third-order valence-corrected chi connectivity index (χ3v) is 4.00. The summed E-state index contributed by atoms with van der Waals surface area (Å²) in [6, 6.07) is 13.7. The van der Waals surface area contributed by atoms with Gasteiger partial charge in [0.05, 0.1) is 5.69 Å². The van der Waals surface area contributed by atoms with Crippen molar-refractivity contribution >= 4 is 34.2 Å². The molecule has 0 radical (unpaired) electrons. The van der Waals surface area contributed by atoms with E-state index in [9.17, 15) is 9.18 Å². The molecule has 0 atom stereocenters.